The van der Waals surface area contributed by atoms with Crippen LogP contribution in [0.4, 0.5) is 5.82 Å². The molecule has 1 aromatic carbocycles. The van der Waals surface area contributed by atoms with Gasteiger partial charge in [0.15, 0.2) is 0 Å². The first kappa shape index (κ1) is 15.3. The molecule has 4 nitrogen and oxygen atoms in total. The third-order valence-corrected chi connectivity index (χ3v) is 3.22. The highest BCUT2D eigenvalue weighted by molar-refractivity contribution is 5.50. The minimum absolute atomic E-state index is 0.628. The van der Waals surface area contributed by atoms with E-state index in [9.17, 15) is 0 Å². The number of aryl methyl sites for hydroxylation is 3. The van der Waals surface area contributed by atoms with Crippen molar-refractivity contribution in [1.82, 2.24) is 9.97 Å². The molecule has 2 rings (SSSR count). The highest BCUT2D eigenvalue weighted by Gasteiger charge is 2.12. The first-order chi connectivity index (χ1) is 10.0. The van der Waals surface area contributed by atoms with Crippen LogP contribution in [0.25, 0.3) is 0 Å². The molecule has 4 heteroatoms. The van der Waals surface area contributed by atoms with Gasteiger partial charge in [0.1, 0.15) is 17.4 Å². The molecule has 0 spiro atoms. The highest BCUT2D eigenvalue weighted by Crippen LogP contribution is 2.28. The number of aromatic nitrogens is 2. The topological polar surface area (TPSA) is 47.0 Å². The second kappa shape index (κ2) is 6.57. The van der Waals surface area contributed by atoms with E-state index in [0.717, 1.165) is 35.9 Å². The van der Waals surface area contributed by atoms with Crippen molar-refractivity contribution in [2.75, 3.05) is 11.9 Å². The molecule has 112 valence electrons. The molecule has 0 atom stereocenters. The summed E-state index contributed by atoms with van der Waals surface area (Å²) in [6.45, 7) is 11.0. The van der Waals surface area contributed by atoms with Crippen molar-refractivity contribution in [2.24, 2.45) is 0 Å². The molecule has 21 heavy (non-hydrogen) atoms. The van der Waals surface area contributed by atoms with Gasteiger partial charge < -0.3 is 10.1 Å². The summed E-state index contributed by atoms with van der Waals surface area (Å²) in [4.78, 5) is 9.03. The molecule has 0 amide bonds. The van der Waals surface area contributed by atoms with Crippen molar-refractivity contribution in [2.45, 2.75) is 41.0 Å². The number of hydrogen-bond donors (Lipinski definition) is 1. The molecule has 0 aliphatic heterocycles. The van der Waals surface area contributed by atoms with Crippen LogP contribution in [0.15, 0.2) is 18.2 Å². The van der Waals surface area contributed by atoms with Crippen LogP contribution in [0.1, 0.15) is 36.4 Å². The van der Waals surface area contributed by atoms with E-state index in [4.69, 9.17) is 4.74 Å². The molecular formula is C17H23N3O. The summed E-state index contributed by atoms with van der Waals surface area (Å²) in [5.41, 5.74) is 3.30. The molecule has 1 N–H and O–H groups in total. The van der Waals surface area contributed by atoms with Crippen molar-refractivity contribution in [3.63, 3.8) is 0 Å². The van der Waals surface area contributed by atoms with Gasteiger partial charge in [-0.1, -0.05) is 13.0 Å². The van der Waals surface area contributed by atoms with Crippen LogP contribution in [0, 0.1) is 20.8 Å². The maximum atomic E-state index is 6.01. The van der Waals surface area contributed by atoms with Crippen molar-refractivity contribution < 1.29 is 4.74 Å². The van der Waals surface area contributed by atoms with Gasteiger partial charge in [-0.25, -0.2) is 4.98 Å². The number of hydrogen-bond acceptors (Lipinski definition) is 4. The zero-order chi connectivity index (χ0) is 15.4. The fourth-order valence-corrected chi connectivity index (χ4v) is 2.24. The number of anilines is 1. The maximum absolute atomic E-state index is 6.01. The number of rotatable bonds is 5. The number of nitrogens with one attached hydrogen (secondary N) is 1. The van der Waals surface area contributed by atoms with E-state index in [0.29, 0.717) is 5.88 Å². The molecule has 0 radical (unpaired) electrons. The van der Waals surface area contributed by atoms with Crippen LogP contribution < -0.4 is 10.1 Å². The van der Waals surface area contributed by atoms with Crippen LogP contribution in [-0.4, -0.2) is 16.5 Å². The Morgan fingerprint density at radius 2 is 1.67 bits per heavy atom. The Hall–Kier alpha value is -2.10. The Labute approximate surface area is 126 Å². The van der Waals surface area contributed by atoms with E-state index in [1.165, 1.54) is 11.1 Å². The average Bonchev–Trinajstić information content (AvgIpc) is 2.42. The fourth-order valence-electron chi connectivity index (χ4n) is 2.24. The van der Waals surface area contributed by atoms with Gasteiger partial charge >= 0.3 is 0 Å². The SMILES string of the molecule is CCNc1nc(CC)nc(Oc2cc(C)cc(C)c2)c1C. The van der Waals surface area contributed by atoms with Gasteiger partial charge in [0, 0.05) is 13.0 Å². The number of nitrogens with zero attached hydrogens (tertiary/aromatic N) is 2. The smallest absolute Gasteiger partial charge is 0.227 e. The standard InChI is InChI=1S/C17H23N3O/c1-6-15-19-16(18-7-2)13(5)17(20-15)21-14-9-11(3)8-12(4)10-14/h8-10H,6-7H2,1-5H3,(H,18,19,20). The summed E-state index contributed by atoms with van der Waals surface area (Å²) in [5.74, 6) is 3.08. The Kier molecular flexibility index (Phi) is 4.78. The third kappa shape index (κ3) is 3.72. The zero-order valence-electron chi connectivity index (χ0n) is 13.4. The molecule has 1 heterocycles. The van der Waals surface area contributed by atoms with E-state index in [1.807, 2.05) is 26.0 Å². The Morgan fingerprint density at radius 1 is 1.00 bits per heavy atom. The molecule has 0 fully saturated rings. The van der Waals surface area contributed by atoms with Crippen molar-refractivity contribution >= 4 is 5.82 Å². The second-order valence-corrected chi connectivity index (χ2v) is 5.23. The highest BCUT2D eigenvalue weighted by atomic mass is 16.5. The van der Waals surface area contributed by atoms with Gasteiger partial charge in [-0.15, -0.1) is 0 Å². The summed E-state index contributed by atoms with van der Waals surface area (Å²) in [6.07, 6.45) is 0.780. The quantitative estimate of drug-likeness (QED) is 0.895. The molecule has 1 aromatic heterocycles. The summed E-state index contributed by atoms with van der Waals surface area (Å²) in [7, 11) is 0. The van der Waals surface area contributed by atoms with Gasteiger partial charge in [-0.2, -0.15) is 4.98 Å². The van der Waals surface area contributed by atoms with Gasteiger partial charge in [0.05, 0.1) is 5.56 Å². The normalized spacial score (nSPS) is 10.5. The lowest BCUT2D eigenvalue weighted by Gasteiger charge is -2.14. The summed E-state index contributed by atoms with van der Waals surface area (Å²) in [5, 5.41) is 3.27. The maximum Gasteiger partial charge on any atom is 0.227 e. The van der Waals surface area contributed by atoms with Crippen molar-refractivity contribution in [1.29, 1.82) is 0 Å². The lowest BCUT2D eigenvalue weighted by Crippen LogP contribution is -2.07. The predicted octanol–water partition coefficient (Wildman–Crippen LogP) is 4.19. The first-order valence-electron chi connectivity index (χ1n) is 7.41. The second-order valence-electron chi connectivity index (χ2n) is 5.23. The average molecular weight is 285 g/mol. The van der Waals surface area contributed by atoms with Gasteiger partial charge in [0.25, 0.3) is 0 Å². The van der Waals surface area contributed by atoms with Crippen LogP contribution >= 0.6 is 0 Å². The molecule has 0 saturated carbocycles. The summed E-state index contributed by atoms with van der Waals surface area (Å²) >= 11 is 0. The summed E-state index contributed by atoms with van der Waals surface area (Å²) < 4.78 is 6.01. The molecule has 0 aliphatic carbocycles. The van der Waals surface area contributed by atoms with Crippen LogP contribution in [0.5, 0.6) is 11.6 Å². The predicted molar refractivity (Wildman–Crippen MR) is 86.3 cm³/mol. The monoisotopic (exact) mass is 285 g/mol. The lowest BCUT2D eigenvalue weighted by atomic mass is 10.1. The van der Waals surface area contributed by atoms with E-state index >= 15 is 0 Å². The van der Waals surface area contributed by atoms with E-state index in [-0.39, 0.29) is 0 Å². The van der Waals surface area contributed by atoms with E-state index < -0.39 is 0 Å². The van der Waals surface area contributed by atoms with Crippen molar-refractivity contribution in [3.05, 3.63) is 40.7 Å². The van der Waals surface area contributed by atoms with Crippen LogP contribution in [-0.2, 0) is 6.42 Å². The zero-order valence-corrected chi connectivity index (χ0v) is 13.4. The summed E-state index contributed by atoms with van der Waals surface area (Å²) in [6, 6.07) is 6.17. The minimum Gasteiger partial charge on any atom is -0.439 e. The fraction of sp³-hybridized carbons (Fsp3) is 0.412. The largest absolute Gasteiger partial charge is 0.439 e. The molecule has 0 unspecified atom stereocenters. The molecular weight excluding hydrogens is 262 g/mol. The third-order valence-electron chi connectivity index (χ3n) is 3.22. The van der Waals surface area contributed by atoms with Crippen LogP contribution in [0.3, 0.4) is 0 Å². The Morgan fingerprint density at radius 3 is 2.24 bits per heavy atom. The Balaban J connectivity index is 2.40. The molecule has 2 aromatic rings. The van der Waals surface area contributed by atoms with Crippen molar-refractivity contribution in [3.8, 4) is 11.6 Å². The molecule has 0 aliphatic rings. The minimum atomic E-state index is 0.628. The van der Waals surface area contributed by atoms with E-state index in [1.54, 1.807) is 0 Å². The van der Waals surface area contributed by atoms with Gasteiger partial charge in [-0.3, -0.25) is 0 Å². The Bertz CT molecular complexity index is 618. The lowest BCUT2D eigenvalue weighted by molar-refractivity contribution is 0.454. The van der Waals surface area contributed by atoms with Gasteiger partial charge in [-0.05, 0) is 51.0 Å². The number of ether oxygens (including phenoxy) is 1. The molecule has 0 bridgehead atoms. The van der Waals surface area contributed by atoms with Crippen LogP contribution in [0.2, 0.25) is 0 Å². The molecule has 0 saturated heterocycles. The van der Waals surface area contributed by atoms with Gasteiger partial charge in [0.2, 0.25) is 5.88 Å². The first-order valence-corrected chi connectivity index (χ1v) is 7.41. The number of benzene rings is 1. The van der Waals surface area contributed by atoms with E-state index in [2.05, 4.69) is 42.1 Å².